The van der Waals surface area contributed by atoms with Gasteiger partial charge in [-0.3, -0.25) is 0 Å². The summed E-state index contributed by atoms with van der Waals surface area (Å²) < 4.78 is 0. The first-order valence-corrected chi connectivity index (χ1v) is 4.89. The Morgan fingerprint density at radius 2 is 1.47 bits per heavy atom. The molecule has 0 aliphatic carbocycles. The standard InChI is InChI=1S/C7H8O2.C5H6N2O/c1-5-6(8)3-2-4-7(5)9;6-5-4(8)2-1-3-7-5/h2-4,8-9H,1H3;1-3,8H,(H2,6,7). The first-order valence-electron chi connectivity index (χ1n) is 4.89. The number of rotatable bonds is 0. The molecule has 0 amide bonds. The Kier molecular flexibility index (Phi) is 4.16. The highest BCUT2D eigenvalue weighted by atomic mass is 16.3. The maximum Gasteiger partial charge on any atom is 0.165 e. The molecule has 5 N–H and O–H groups in total. The van der Waals surface area contributed by atoms with Gasteiger partial charge >= 0.3 is 0 Å². The molecule has 0 aliphatic heterocycles. The Morgan fingerprint density at radius 1 is 0.941 bits per heavy atom. The average Bonchev–Trinajstić information content (AvgIpc) is 2.31. The fourth-order valence-corrected chi connectivity index (χ4v) is 1.02. The van der Waals surface area contributed by atoms with E-state index in [4.69, 9.17) is 21.1 Å². The van der Waals surface area contributed by atoms with Gasteiger partial charge in [-0.15, -0.1) is 0 Å². The molecule has 0 unspecified atom stereocenters. The number of nitrogen functional groups attached to an aromatic ring is 1. The van der Waals surface area contributed by atoms with Crippen molar-refractivity contribution in [1.82, 2.24) is 4.98 Å². The molecule has 17 heavy (non-hydrogen) atoms. The summed E-state index contributed by atoms with van der Waals surface area (Å²) in [6.45, 7) is 1.66. The molecular weight excluding hydrogens is 220 g/mol. The van der Waals surface area contributed by atoms with Crippen LogP contribution in [0.3, 0.4) is 0 Å². The predicted octanol–water partition coefficient (Wildman–Crippen LogP) is 1.78. The van der Waals surface area contributed by atoms with Crippen molar-refractivity contribution < 1.29 is 15.3 Å². The lowest BCUT2D eigenvalue weighted by Gasteiger charge is -1.98. The monoisotopic (exact) mass is 234 g/mol. The van der Waals surface area contributed by atoms with Crippen LogP contribution in [0.4, 0.5) is 5.82 Å². The zero-order valence-corrected chi connectivity index (χ0v) is 9.33. The van der Waals surface area contributed by atoms with E-state index in [2.05, 4.69) is 4.98 Å². The summed E-state index contributed by atoms with van der Waals surface area (Å²) in [6, 6.07) is 7.77. The molecule has 1 aromatic carbocycles. The highest BCUT2D eigenvalue weighted by molar-refractivity contribution is 5.43. The Balaban J connectivity index is 0.000000171. The summed E-state index contributed by atoms with van der Waals surface area (Å²) in [5, 5.41) is 26.6. The third-order valence-corrected chi connectivity index (χ3v) is 2.09. The molecule has 0 aliphatic rings. The van der Waals surface area contributed by atoms with Crippen molar-refractivity contribution in [3.63, 3.8) is 0 Å². The van der Waals surface area contributed by atoms with Crippen LogP contribution in [-0.4, -0.2) is 20.3 Å². The molecule has 0 radical (unpaired) electrons. The number of nitrogens with zero attached hydrogens (tertiary/aromatic N) is 1. The SMILES string of the molecule is Cc1c(O)cccc1O.Nc1ncccc1O. The Bertz CT molecular complexity index is 460. The number of hydrogen-bond acceptors (Lipinski definition) is 5. The van der Waals surface area contributed by atoms with E-state index in [0.717, 1.165) is 0 Å². The summed E-state index contributed by atoms with van der Waals surface area (Å²) in [5.74, 6) is 0.477. The minimum Gasteiger partial charge on any atom is -0.508 e. The molecule has 2 rings (SSSR count). The number of phenolic OH excluding ortho intramolecular Hbond substituents is 2. The van der Waals surface area contributed by atoms with Gasteiger partial charge in [-0.25, -0.2) is 4.98 Å². The summed E-state index contributed by atoms with van der Waals surface area (Å²) in [5.41, 5.74) is 5.68. The minimum atomic E-state index is 0.0347. The second-order valence-electron chi connectivity index (χ2n) is 3.33. The normalized spacial score (nSPS) is 9.24. The molecule has 0 spiro atoms. The second-order valence-corrected chi connectivity index (χ2v) is 3.33. The zero-order chi connectivity index (χ0) is 12.8. The van der Waals surface area contributed by atoms with Crippen LogP contribution in [0, 0.1) is 6.92 Å². The fourth-order valence-electron chi connectivity index (χ4n) is 1.02. The van der Waals surface area contributed by atoms with Gasteiger partial charge in [0.2, 0.25) is 0 Å². The van der Waals surface area contributed by atoms with E-state index in [0.29, 0.717) is 5.56 Å². The third kappa shape index (κ3) is 3.57. The van der Waals surface area contributed by atoms with Gasteiger partial charge in [0.05, 0.1) is 0 Å². The van der Waals surface area contributed by atoms with Crippen LogP contribution < -0.4 is 5.73 Å². The van der Waals surface area contributed by atoms with Crippen LogP contribution in [0.15, 0.2) is 36.5 Å². The molecule has 1 heterocycles. The largest absolute Gasteiger partial charge is 0.508 e. The number of benzene rings is 1. The lowest BCUT2D eigenvalue weighted by molar-refractivity contribution is 0.443. The Hall–Kier alpha value is -2.43. The molecule has 90 valence electrons. The van der Waals surface area contributed by atoms with Crippen molar-refractivity contribution in [3.05, 3.63) is 42.1 Å². The summed E-state index contributed by atoms with van der Waals surface area (Å²) in [4.78, 5) is 3.61. The first kappa shape index (κ1) is 12.6. The maximum absolute atomic E-state index is 8.94. The van der Waals surface area contributed by atoms with Crippen molar-refractivity contribution in [2.24, 2.45) is 0 Å². The number of phenols is 2. The van der Waals surface area contributed by atoms with Crippen molar-refractivity contribution in [2.75, 3.05) is 5.73 Å². The van der Waals surface area contributed by atoms with E-state index in [-0.39, 0.29) is 23.1 Å². The van der Waals surface area contributed by atoms with Gasteiger partial charge in [0.15, 0.2) is 11.6 Å². The molecule has 0 fully saturated rings. The third-order valence-electron chi connectivity index (χ3n) is 2.09. The van der Waals surface area contributed by atoms with Gasteiger partial charge in [0, 0.05) is 11.8 Å². The van der Waals surface area contributed by atoms with E-state index >= 15 is 0 Å². The summed E-state index contributed by atoms with van der Waals surface area (Å²) in [7, 11) is 0. The predicted molar refractivity (Wildman–Crippen MR) is 64.8 cm³/mol. The molecule has 0 atom stereocenters. The van der Waals surface area contributed by atoms with Gasteiger partial charge in [-0.2, -0.15) is 0 Å². The lowest BCUT2D eigenvalue weighted by Crippen LogP contribution is -1.87. The van der Waals surface area contributed by atoms with Crippen LogP contribution in [0.2, 0.25) is 0 Å². The fraction of sp³-hybridized carbons (Fsp3) is 0.0833. The van der Waals surface area contributed by atoms with Crippen LogP contribution in [0.25, 0.3) is 0 Å². The minimum absolute atomic E-state index is 0.0347. The van der Waals surface area contributed by atoms with Crippen LogP contribution in [-0.2, 0) is 0 Å². The number of nitrogens with two attached hydrogens (primary N) is 1. The maximum atomic E-state index is 8.94. The number of pyridine rings is 1. The molecular formula is C12H14N2O3. The van der Waals surface area contributed by atoms with Gasteiger partial charge in [-0.05, 0) is 31.2 Å². The Labute approximate surface area is 98.8 Å². The molecule has 0 bridgehead atoms. The molecule has 5 nitrogen and oxygen atoms in total. The van der Waals surface area contributed by atoms with Gasteiger partial charge in [0.25, 0.3) is 0 Å². The van der Waals surface area contributed by atoms with E-state index in [1.165, 1.54) is 24.4 Å². The topological polar surface area (TPSA) is 99.6 Å². The van der Waals surface area contributed by atoms with E-state index in [1.807, 2.05) is 0 Å². The van der Waals surface area contributed by atoms with Gasteiger partial charge in [-0.1, -0.05) is 6.07 Å². The van der Waals surface area contributed by atoms with E-state index in [9.17, 15) is 0 Å². The van der Waals surface area contributed by atoms with Crippen molar-refractivity contribution in [2.45, 2.75) is 6.92 Å². The molecule has 1 aromatic heterocycles. The summed E-state index contributed by atoms with van der Waals surface area (Å²) >= 11 is 0. The highest BCUT2D eigenvalue weighted by Gasteiger charge is 1.97. The average molecular weight is 234 g/mol. The molecule has 5 heteroatoms. The van der Waals surface area contributed by atoms with Crippen LogP contribution in [0.1, 0.15) is 5.56 Å². The van der Waals surface area contributed by atoms with Crippen molar-refractivity contribution in [1.29, 1.82) is 0 Å². The van der Waals surface area contributed by atoms with Crippen molar-refractivity contribution >= 4 is 5.82 Å². The van der Waals surface area contributed by atoms with Crippen molar-refractivity contribution in [3.8, 4) is 17.2 Å². The lowest BCUT2D eigenvalue weighted by atomic mass is 10.2. The molecule has 0 saturated heterocycles. The summed E-state index contributed by atoms with van der Waals surface area (Å²) in [6.07, 6.45) is 1.52. The highest BCUT2D eigenvalue weighted by Crippen LogP contribution is 2.23. The van der Waals surface area contributed by atoms with Gasteiger partial charge in [0.1, 0.15) is 11.5 Å². The number of hydrogen-bond donors (Lipinski definition) is 4. The quantitative estimate of drug-likeness (QED) is 0.556. The number of aromatic nitrogens is 1. The molecule has 2 aromatic rings. The van der Waals surface area contributed by atoms with E-state index in [1.54, 1.807) is 19.1 Å². The smallest absolute Gasteiger partial charge is 0.165 e. The number of aromatic hydroxyl groups is 3. The Morgan fingerprint density at radius 3 is 1.82 bits per heavy atom. The first-order chi connectivity index (χ1) is 8.02. The second kappa shape index (κ2) is 5.60. The number of anilines is 1. The molecule has 0 saturated carbocycles. The zero-order valence-electron chi connectivity index (χ0n) is 9.33. The van der Waals surface area contributed by atoms with Crippen LogP contribution >= 0.6 is 0 Å². The van der Waals surface area contributed by atoms with Gasteiger partial charge < -0.3 is 21.1 Å². The van der Waals surface area contributed by atoms with Crippen LogP contribution in [0.5, 0.6) is 17.2 Å². The van der Waals surface area contributed by atoms with E-state index < -0.39 is 0 Å².